The number of carbonyl (C=O) groups excluding carboxylic acids is 2. The number of fused-ring (bicyclic) bond motifs is 1. The van der Waals surface area contributed by atoms with Gasteiger partial charge < -0.3 is 25.0 Å². The first-order chi connectivity index (χ1) is 20.5. The van der Waals surface area contributed by atoms with Crippen molar-refractivity contribution in [3.63, 3.8) is 0 Å². The van der Waals surface area contributed by atoms with Crippen LogP contribution in [0.4, 0.5) is 9.18 Å². The number of carboxylic acid groups (broad SMARTS) is 1. The van der Waals surface area contributed by atoms with Gasteiger partial charge in [-0.25, -0.2) is 19.0 Å². The zero-order chi connectivity index (χ0) is 30.9. The molecule has 1 aromatic heterocycles. The summed E-state index contributed by atoms with van der Waals surface area (Å²) in [6, 6.07) is 2.88. The van der Waals surface area contributed by atoms with Gasteiger partial charge in [0.2, 0.25) is 0 Å². The first-order valence-electron chi connectivity index (χ1n) is 13.9. The van der Waals surface area contributed by atoms with Crippen molar-refractivity contribution in [1.82, 2.24) is 25.0 Å². The van der Waals surface area contributed by atoms with Crippen molar-refractivity contribution in [3.8, 4) is 12.3 Å². The van der Waals surface area contributed by atoms with Gasteiger partial charge in [0.1, 0.15) is 11.9 Å². The minimum atomic E-state index is -1.08. The van der Waals surface area contributed by atoms with E-state index in [1.165, 1.54) is 29.5 Å². The quantitative estimate of drug-likeness (QED) is 0.329. The van der Waals surface area contributed by atoms with Crippen LogP contribution < -0.4 is 5.32 Å². The number of aromatic nitrogens is 1. The van der Waals surface area contributed by atoms with Gasteiger partial charge in [0.15, 0.2) is 10.8 Å². The molecule has 3 aliphatic rings. The minimum Gasteiger partial charge on any atom is -0.481 e. The van der Waals surface area contributed by atoms with Gasteiger partial charge in [-0.05, 0) is 38.5 Å². The van der Waals surface area contributed by atoms with Crippen LogP contribution in [0.25, 0.3) is 0 Å². The van der Waals surface area contributed by atoms with E-state index in [0.29, 0.717) is 54.8 Å². The van der Waals surface area contributed by atoms with Gasteiger partial charge in [0.25, 0.3) is 0 Å². The zero-order valence-corrected chi connectivity index (χ0v) is 25.0. The third kappa shape index (κ3) is 6.11. The van der Waals surface area contributed by atoms with Gasteiger partial charge in [-0.3, -0.25) is 14.7 Å². The molecular formula is C30H33FN6O5S. The predicted octanol–water partition coefficient (Wildman–Crippen LogP) is 2.70. The number of aliphatic imine (C=N–C) groups is 1. The summed E-state index contributed by atoms with van der Waals surface area (Å²) >= 11 is 1.38. The van der Waals surface area contributed by atoms with Crippen LogP contribution in [0, 0.1) is 23.6 Å². The molecule has 0 saturated carbocycles. The largest absolute Gasteiger partial charge is 0.481 e. The molecule has 13 heteroatoms. The summed E-state index contributed by atoms with van der Waals surface area (Å²) in [6.07, 6.45) is 7.40. The molecule has 43 heavy (non-hydrogen) atoms. The summed E-state index contributed by atoms with van der Waals surface area (Å²) in [4.78, 5) is 53.0. The molecule has 0 aliphatic carbocycles. The number of rotatable bonds is 9. The summed E-state index contributed by atoms with van der Waals surface area (Å²) in [5.41, 5.74) is 0.506. The Hall–Kier alpha value is -4.28. The van der Waals surface area contributed by atoms with Crippen molar-refractivity contribution in [2.24, 2.45) is 10.4 Å². The molecule has 2 atom stereocenters. The molecular weight excluding hydrogens is 575 g/mol. The van der Waals surface area contributed by atoms with Gasteiger partial charge in [0, 0.05) is 62.1 Å². The zero-order valence-electron chi connectivity index (χ0n) is 24.2. The molecule has 226 valence electrons. The second-order valence-corrected chi connectivity index (χ2v) is 12.2. The number of aliphatic carboxylic acids is 1. The van der Waals surface area contributed by atoms with Crippen molar-refractivity contribution >= 4 is 35.1 Å². The fourth-order valence-corrected chi connectivity index (χ4v) is 6.21. The maximum Gasteiger partial charge on any atom is 0.338 e. The van der Waals surface area contributed by atoms with Gasteiger partial charge in [-0.1, -0.05) is 12.0 Å². The summed E-state index contributed by atoms with van der Waals surface area (Å²) in [6.45, 7) is 7.37. The predicted molar refractivity (Wildman–Crippen MR) is 158 cm³/mol. The highest BCUT2D eigenvalue weighted by Gasteiger charge is 2.44. The van der Waals surface area contributed by atoms with E-state index >= 15 is 0 Å². The maximum atomic E-state index is 14.1. The molecule has 1 unspecified atom stereocenters. The number of urea groups is 1. The van der Waals surface area contributed by atoms with E-state index in [4.69, 9.17) is 16.2 Å². The molecule has 0 bridgehead atoms. The Labute approximate surface area is 253 Å². The lowest BCUT2D eigenvalue weighted by Gasteiger charge is -2.38. The van der Waals surface area contributed by atoms with E-state index < -0.39 is 29.2 Å². The number of piperazine rings is 1. The number of hydrogen-bond acceptors (Lipinski definition) is 9. The third-order valence-corrected chi connectivity index (χ3v) is 8.56. The number of esters is 1. The Kier molecular flexibility index (Phi) is 8.52. The first-order valence-corrected chi connectivity index (χ1v) is 14.8. The number of nitrogens with zero attached hydrogens (tertiary/aromatic N) is 5. The Morgan fingerprint density at radius 1 is 1.30 bits per heavy atom. The van der Waals surface area contributed by atoms with Crippen LogP contribution in [0.15, 0.2) is 46.0 Å². The smallest absolute Gasteiger partial charge is 0.338 e. The van der Waals surface area contributed by atoms with E-state index in [9.17, 15) is 23.9 Å². The second kappa shape index (κ2) is 12.1. The lowest BCUT2D eigenvalue weighted by Crippen LogP contribution is -2.53. The van der Waals surface area contributed by atoms with Crippen LogP contribution in [-0.2, 0) is 14.3 Å². The lowest BCUT2D eigenvalue weighted by atomic mass is 9.91. The molecule has 3 aliphatic heterocycles. The highest BCUT2D eigenvalue weighted by atomic mass is 32.1. The molecule has 0 spiro atoms. The summed E-state index contributed by atoms with van der Waals surface area (Å²) in [7, 11) is 0. The molecule has 2 saturated heterocycles. The summed E-state index contributed by atoms with van der Waals surface area (Å²) < 4.78 is 19.6. The Bertz CT molecular complexity index is 1530. The molecule has 11 nitrogen and oxygen atoms in total. The number of nitrogens with one attached hydrogen (secondary N) is 1. The molecule has 2 aromatic rings. The Balaban J connectivity index is 1.47. The van der Waals surface area contributed by atoms with Gasteiger partial charge in [-0.2, -0.15) is 0 Å². The number of amidine groups is 1. The fourth-order valence-electron chi connectivity index (χ4n) is 5.62. The van der Waals surface area contributed by atoms with E-state index in [-0.39, 0.29) is 36.4 Å². The number of amides is 2. The molecule has 2 fully saturated rings. The molecule has 1 aromatic carbocycles. The van der Waals surface area contributed by atoms with Crippen LogP contribution in [0.2, 0.25) is 0 Å². The topological polar surface area (TPSA) is 128 Å². The van der Waals surface area contributed by atoms with Gasteiger partial charge in [-0.15, -0.1) is 17.8 Å². The van der Waals surface area contributed by atoms with E-state index in [1.54, 1.807) is 36.8 Å². The van der Waals surface area contributed by atoms with Crippen LogP contribution in [0.1, 0.15) is 42.9 Å². The molecule has 2 amide bonds. The SMILES string of the molecule is C#Cc1cc(F)ccc1C1N=C(c2nccs2)NC(CN2CCN3C(=O)N(CC(C)(C)C(=O)O)C[C@@H]3C2)=C1C(=O)OCC. The van der Waals surface area contributed by atoms with Gasteiger partial charge >= 0.3 is 18.0 Å². The number of benzene rings is 1. The number of terminal acetylenes is 1. The van der Waals surface area contributed by atoms with Crippen molar-refractivity contribution in [2.45, 2.75) is 32.9 Å². The van der Waals surface area contributed by atoms with Crippen molar-refractivity contribution < 1.29 is 28.6 Å². The molecule has 5 rings (SSSR count). The number of hydrogen-bond donors (Lipinski definition) is 2. The maximum absolute atomic E-state index is 14.1. The van der Waals surface area contributed by atoms with Crippen molar-refractivity contribution in [2.75, 3.05) is 45.9 Å². The number of carboxylic acids is 1. The number of halogens is 1. The molecule has 4 heterocycles. The highest BCUT2D eigenvalue weighted by Crippen LogP contribution is 2.35. The summed E-state index contributed by atoms with van der Waals surface area (Å²) in [5, 5.41) is 15.3. The lowest BCUT2D eigenvalue weighted by molar-refractivity contribution is -0.147. The Morgan fingerprint density at radius 3 is 2.77 bits per heavy atom. The van der Waals surface area contributed by atoms with E-state index in [1.807, 2.05) is 5.38 Å². The average molecular weight is 609 g/mol. The average Bonchev–Trinajstić information content (AvgIpc) is 3.61. The molecule has 2 N–H and O–H groups in total. The van der Waals surface area contributed by atoms with Crippen LogP contribution >= 0.6 is 11.3 Å². The monoisotopic (exact) mass is 608 g/mol. The van der Waals surface area contributed by atoms with Crippen LogP contribution in [0.3, 0.4) is 0 Å². The Morgan fingerprint density at radius 2 is 2.09 bits per heavy atom. The summed E-state index contributed by atoms with van der Waals surface area (Å²) in [5.74, 6) is 0.942. The number of carbonyl (C=O) groups is 3. The van der Waals surface area contributed by atoms with Crippen LogP contribution in [0.5, 0.6) is 0 Å². The van der Waals surface area contributed by atoms with E-state index in [0.717, 1.165) is 0 Å². The second-order valence-electron chi connectivity index (χ2n) is 11.3. The first kappa shape index (κ1) is 30.2. The third-order valence-electron chi connectivity index (χ3n) is 7.78. The van der Waals surface area contributed by atoms with Crippen LogP contribution in [-0.4, -0.2) is 101 Å². The van der Waals surface area contributed by atoms with Crippen molar-refractivity contribution in [3.05, 3.63) is 63.0 Å². The standard InChI is InChI=1S/C30H33FN6O5S/c1-5-18-13-19(31)7-8-21(18)24-23(27(38)42-6-2)22(33-25(34-24)26-32-9-12-43-26)16-35-10-11-37-20(14-35)15-36(29(37)41)17-30(3,4)28(39)40/h1,7-9,12-13,20,24H,6,10-11,14-17H2,2-4H3,(H,33,34)(H,39,40)/t20-,24?/m0/s1. The van der Waals surface area contributed by atoms with Gasteiger partial charge in [0.05, 0.1) is 23.6 Å². The number of ether oxygens (including phenoxy) is 1. The number of thiazole rings is 1. The minimum absolute atomic E-state index is 0.110. The molecule has 0 radical (unpaired) electrons. The normalized spacial score (nSPS) is 20.8. The fraction of sp³-hybridized carbons (Fsp3) is 0.433. The van der Waals surface area contributed by atoms with Crippen molar-refractivity contribution in [1.29, 1.82) is 0 Å². The van der Waals surface area contributed by atoms with E-state index in [2.05, 4.69) is 21.1 Å². The highest BCUT2D eigenvalue weighted by molar-refractivity contribution is 7.11.